The van der Waals surface area contributed by atoms with E-state index >= 15 is 0 Å². The number of carbonyl (C=O) groups is 4. The van der Waals surface area contributed by atoms with E-state index in [9.17, 15) is 54.3 Å². The topological polar surface area (TPSA) is 186 Å². The Morgan fingerprint density at radius 3 is 1.05 bits per heavy atom. The van der Waals surface area contributed by atoms with Crippen LogP contribution in [-0.4, -0.2) is 179 Å². The summed E-state index contributed by atoms with van der Waals surface area (Å²) in [5.41, 5.74) is 8.71. The Morgan fingerprint density at radius 1 is 0.411 bits per heavy atom. The van der Waals surface area contributed by atoms with Crippen molar-refractivity contribution in [2.75, 3.05) is 66.6 Å². The molecule has 4 aromatic rings. The van der Waals surface area contributed by atoms with Crippen LogP contribution < -0.4 is 9.47 Å². The van der Waals surface area contributed by atoms with Crippen molar-refractivity contribution in [2.24, 2.45) is 20.6 Å². The first-order valence-corrected chi connectivity index (χ1v) is 37.4. The Labute approximate surface area is 623 Å². The zero-order chi connectivity index (χ0) is 77.8. The minimum absolute atomic E-state index is 0.106. The summed E-state index contributed by atoms with van der Waals surface area (Å²) in [5.74, 6) is -10.0. The number of nitrogens with zero attached hydrogens (tertiary/aromatic N) is 8. The van der Waals surface area contributed by atoms with Gasteiger partial charge in [0.15, 0.2) is 0 Å². The lowest BCUT2D eigenvalue weighted by Crippen LogP contribution is -2.47. The molecule has 8 heterocycles. The maximum absolute atomic E-state index is 13.0. The molecule has 4 amide bonds. The number of hydrogen-bond donors (Lipinski definition) is 0. The number of methoxy groups -OCH3 is 2. The number of piperidine rings is 4. The molecule has 26 heteroatoms. The molecular formula is C81H106F8N8O10. The van der Waals surface area contributed by atoms with Crippen LogP contribution in [0.3, 0.4) is 0 Å². The number of rotatable bonds is 19. The van der Waals surface area contributed by atoms with Gasteiger partial charge in [-0.25, -0.2) is 35.1 Å². The summed E-state index contributed by atoms with van der Waals surface area (Å²) in [7, 11) is 3.24. The van der Waals surface area contributed by atoms with Crippen LogP contribution in [0.1, 0.15) is 230 Å². The minimum Gasteiger partial charge on any atom is -0.497 e. The third kappa shape index (κ3) is 23.6. The molecule has 0 aromatic heterocycles. The molecule has 0 saturated carbocycles. The third-order valence-electron chi connectivity index (χ3n) is 21.4. The highest BCUT2D eigenvalue weighted by Crippen LogP contribution is 2.42. The van der Waals surface area contributed by atoms with E-state index in [2.05, 4.69) is 104 Å². The molecule has 107 heavy (non-hydrogen) atoms. The molecule has 586 valence electrons. The van der Waals surface area contributed by atoms with Crippen molar-refractivity contribution in [1.29, 1.82) is 0 Å². The van der Waals surface area contributed by atoms with Crippen LogP contribution in [0, 0.1) is 0 Å². The second-order valence-corrected chi connectivity index (χ2v) is 31.8. The molecule has 8 aliphatic rings. The standard InChI is InChI=1S/C22H30F2N2O2.C21H28F2N2O2.2C19H24F2N2O3/c1-20(2,3)17-7-5-16(6-8-17)18-15-22(28-25-18)11-13-26(14-12-22)19(27)9-10-21(4,23)24;1-15(2)16-4-6-17(7-5-16)18-14-21(27-24-18)10-12-25(13-11-21)19(26)8-9-20(3,22)23;1-18(20,21)7-6-17(24)23-10-8-19(9-11-23)13-16(22-26-19)14-4-3-5-15(12-14)25-2;1-18(20,21)8-7-17(24)23-11-9-19(10-12-23)13-15(22-26-19)14-5-3-4-6-16(14)25-2/h5-8H,9-15H2,1-4H3;4-7,15H,8-14H2,1-3H3;3-5,12H,6-11,13H2,1-2H3;3-6H,7-13H2,1-2H3. The average Bonchev–Trinajstić information content (AvgIpc) is 1.68. The van der Waals surface area contributed by atoms with Gasteiger partial charge < -0.3 is 48.4 Å². The van der Waals surface area contributed by atoms with Gasteiger partial charge in [0.1, 0.15) is 33.9 Å². The van der Waals surface area contributed by atoms with Gasteiger partial charge in [-0.15, -0.1) is 0 Å². The van der Waals surface area contributed by atoms with E-state index in [-0.39, 0.29) is 65.9 Å². The van der Waals surface area contributed by atoms with Crippen LogP contribution in [0.2, 0.25) is 0 Å². The van der Waals surface area contributed by atoms with Gasteiger partial charge in [0.05, 0.1) is 37.1 Å². The van der Waals surface area contributed by atoms with Crippen LogP contribution in [0.4, 0.5) is 35.1 Å². The lowest BCUT2D eigenvalue weighted by Gasteiger charge is -2.37. The number of hydrogen-bond acceptors (Lipinski definition) is 14. The second-order valence-electron chi connectivity index (χ2n) is 31.8. The SMILES string of the molecule is CC(C)c1ccc(C2=NOC3(CCN(C(=O)CCC(C)(F)F)CC3)C2)cc1.CC(F)(F)CCC(=O)N1CCC2(CC1)CC(c1ccc(C(C)(C)C)cc1)=NO2.COc1cccc(C2=NOC3(CCN(C(=O)CCC(C)(F)F)CC3)C2)c1.COc1ccccc1C1=NOC2(CCN(C(=O)CCC(C)(F)F)CC2)C1. The van der Waals surface area contributed by atoms with Gasteiger partial charge in [0.25, 0.3) is 0 Å². The lowest BCUT2D eigenvalue weighted by atomic mass is 9.84. The van der Waals surface area contributed by atoms with Crippen molar-refractivity contribution in [3.8, 4) is 11.5 Å². The number of amides is 4. The molecule has 4 saturated heterocycles. The van der Waals surface area contributed by atoms with Gasteiger partial charge in [0, 0.05) is 192 Å². The summed E-state index contributed by atoms with van der Waals surface area (Å²) in [5, 5.41) is 17.2. The molecule has 0 unspecified atom stereocenters. The number of alkyl halides is 8. The summed E-state index contributed by atoms with van der Waals surface area (Å²) in [4.78, 5) is 78.4. The van der Waals surface area contributed by atoms with Crippen molar-refractivity contribution in [3.05, 3.63) is 130 Å². The maximum atomic E-state index is 13.0. The van der Waals surface area contributed by atoms with Crippen molar-refractivity contribution in [2.45, 2.75) is 248 Å². The van der Waals surface area contributed by atoms with Gasteiger partial charge >= 0.3 is 0 Å². The Morgan fingerprint density at radius 2 is 0.729 bits per heavy atom. The number of para-hydroxylation sites is 1. The van der Waals surface area contributed by atoms with Crippen LogP contribution in [0.15, 0.2) is 118 Å². The van der Waals surface area contributed by atoms with Crippen molar-refractivity contribution in [3.63, 3.8) is 0 Å². The molecule has 4 fully saturated rings. The van der Waals surface area contributed by atoms with E-state index in [1.54, 1.807) is 33.8 Å². The number of benzene rings is 4. The van der Waals surface area contributed by atoms with E-state index in [1.165, 1.54) is 11.1 Å². The zero-order valence-electron chi connectivity index (χ0n) is 63.8. The second kappa shape index (κ2) is 34.5. The quantitative estimate of drug-likeness (QED) is 0.0818. The molecule has 0 radical (unpaired) electrons. The summed E-state index contributed by atoms with van der Waals surface area (Å²) in [6.45, 7) is 18.4. The number of ether oxygens (including phenoxy) is 2. The van der Waals surface area contributed by atoms with E-state index in [0.717, 1.165) is 97.1 Å². The van der Waals surface area contributed by atoms with E-state index in [1.807, 2.05) is 48.5 Å². The zero-order valence-corrected chi connectivity index (χ0v) is 63.8. The molecule has 0 N–H and O–H groups in total. The first-order chi connectivity index (χ1) is 50.3. The van der Waals surface area contributed by atoms with Gasteiger partial charge in [0.2, 0.25) is 47.3 Å². The van der Waals surface area contributed by atoms with Gasteiger partial charge in [-0.3, -0.25) is 19.2 Å². The first-order valence-electron chi connectivity index (χ1n) is 37.4. The van der Waals surface area contributed by atoms with E-state index in [0.29, 0.717) is 122 Å². The van der Waals surface area contributed by atoms with Gasteiger partial charge in [-0.05, 0) is 85.5 Å². The number of oxime groups is 4. The predicted molar refractivity (Wildman–Crippen MR) is 394 cm³/mol. The fourth-order valence-electron chi connectivity index (χ4n) is 14.3. The van der Waals surface area contributed by atoms with Crippen molar-refractivity contribution < 1.29 is 83.1 Å². The molecule has 12 rings (SSSR count). The molecule has 8 aliphatic heterocycles. The molecule has 18 nitrogen and oxygen atoms in total. The highest BCUT2D eigenvalue weighted by atomic mass is 19.3. The highest BCUT2D eigenvalue weighted by Gasteiger charge is 2.48. The number of carbonyl (C=O) groups excluding carboxylic acids is 4. The fourth-order valence-corrected chi connectivity index (χ4v) is 14.3. The lowest BCUT2D eigenvalue weighted by molar-refractivity contribution is -0.139. The number of likely N-dealkylation sites (tertiary alicyclic amines) is 4. The Balaban J connectivity index is 0.000000165. The van der Waals surface area contributed by atoms with Crippen molar-refractivity contribution in [1.82, 2.24) is 19.6 Å². The summed E-state index contributed by atoms with van der Waals surface area (Å²) in [6.07, 6.45) is 5.98. The predicted octanol–water partition coefficient (Wildman–Crippen LogP) is 16.9. The molecule has 4 spiro atoms. The normalized spacial score (nSPS) is 19.3. The monoisotopic (exact) mass is 1500 g/mol. The largest absolute Gasteiger partial charge is 0.497 e. The van der Waals surface area contributed by atoms with Crippen molar-refractivity contribution >= 4 is 46.5 Å². The van der Waals surface area contributed by atoms with Crippen LogP contribution in [0.25, 0.3) is 0 Å². The molecule has 4 aromatic carbocycles. The Bertz CT molecular complexity index is 3810. The van der Waals surface area contributed by atoms with Crippen LogP contribution >= 0.6 is 0 Å². The minimum atomic E-state index is -2.81. The Hall–Kier alpha value is -8.32. The molecule has 0 atom stereocenters. The summed E-state index contributed by atoms with van der Waals surface area (Å²) < 4.78 is 114. The summed E-state index contributed by atoms with van der Waals surface area (Å²) >= 11 is 0. The first kappa shape index (κ1) is 82.7. The molecule has 0 aliphatic carbocycles. The van der Waals surface area contributed by atoms with Crippen LogP contribution in [0.5, 0.6) is 11.5 Å². The Kier molecular flexibility index (Phi) is 26.7. The number of halogens is 8. The van der Waals surface area contributed by atoms with Gasteiger partial charge in [-0.1, -0.05) is 128 Å². The van der Waals surface area contributed by atoms with E-state index < -0.39 is 60.6 Å². The third-order valence-corrected chi connectivity index (χ3v) is 21.4. The molecular weight excluding hydrogens is 1400 g/mol. The average molecular weight is 1500 g/mol. The highest BCUT2D eigenvalue weighted by molar-refractivity contribution is 6.04. The van der Waals surface area contributed by atoms with E-state index in [4.69, 9.17) is 28.8 Å². The fraction of sp³-hybridized carbons (Fsp3) is 0.605. The summed E-state index contributed by atoms with van der Waals surface area (Å²) in [6, 6.07) is 32.2. The van der Waals surface area contributed by atoms with Crippen LogP contribution in [-0.2, 0) is 43.9 Å². The maximum Gasteiger partial charge on any atom is 0.245 e. The van der Waals surface area contributed by atoms with Gasteiger partial charge in [-0.2, -0.15) is 0 Å². The molecule has 0 bridgehead atoms. The smallest absolute Gasteiger partial charge is 0.245 e.